The largest absolute Gasteiger partial charge is 0.427 e. The summed E-state index contributed by atoms with van der Waals surface area (Å²) in [6.07, 6.45) is 2.92. The number of hydrogen-bond donors (Lipinski definition) is 0. The monoisotopic (exact) mass is 274 g/mol. The van der Waals surface area contributed by atoms with Gasteiger partial charge in [0.25, 0.3) is 0 Å². The average Bonchev–Trinajstić information content (AvgIpc) is 2.91. The second-order valence-corrected chi connectivity index (χ2v) is 5.84. The van der Waals surface area contributed by atoms with Crippen molar-refractivity contribution in [1.82, 2.24) is 4.90 Å². The van der Waals surface area contributed by atoms with Crippen LogP contribution in [0.15, 0.2) is 18.2 Å². The van der Waals surface area contributed by atoms with Gasteiger partial charge in [0.2, 0.25) is 0 Å². The summed E-state index contributed by atoms with van der Waals surface area (Å²) in [5.41, 5.74) is 2.59. The van der Waals surface area contributed by atoms with E-state index in [-0.39, 0.29) is 5.97 Å². The summed E-state index contributed by atoms with van der Waals surface area (Å²) in [4.78, 5) is 16.4. The molecule has 2 aliphatic rings. The molecule has 0 amide bonds. The van der Waals surface area contributed by atoms with Gasteiger partial charge in [-0.15, -0.1) is 0 Å². The number of anilines is 1. The number of likely N-dealkylation sites (tertiary alicyclic amines) is 1. The van der Waals surface area contributed by atoms with Crippen LogP contribution in [-0.2, 0) is 4.79 Å². The first-order chi connectivity index (χ1) is 9.61. The van der Waals surface area contributed by atoms with Crippen LogP contribution >= 0.6 is 0 Å². The van der Waals surface area contributed by atoms with Crippen LogP contribution in [-0.4, -0.2) is 37.7 Å². The lowest BCUT2D eigenvalue weighted by Gasteiger charge is -2.28. The standard InChI is InChI=1S/C16H22N2O2/c1-4-5-15(19)20-11-6-7-14-13(10-11)12-8-9-17(2)16(12)18(14)3/h6-7,10,12,16H,4-5,8-9H2,1-3H3. The zero-order valence-electron chi connectivity index (χ0n) is 12.4. The number of carbonyl (C=O) groups excluding carboxylic acids is 1. The molecule has 4 heteroatoms. The van der Waals surface area contributed by atoms with E-state index in [1.54, 1.807) is 0 Å². The Morgan fingerprint density at radius 2 is 2.20 bits per heavy atom. The van der Waals surface area contributed by atoms with Gasteiger partial charge in [0.05, 0.1) is 6.17 Å². The molecule has 0 N–H and O–H groups in total. The lowest BCUT2D eigenvalue weighted by Crippen LogP contribution is -2.39. The Morgan fingerprint density at radius 3 is 2.95 bits per heavy atom. The first-order valence-corrected chi connectivity index (χ1v) is 7.39. The Hall–Kier alpha value is -1.55. The molecule has 1 aromatic carbocycles. The highest BCUT2D eigenvalue weighted by molar-refractivity contribution is 5.73. The molecule has 0 radical (unpaired) electrons. The number of ether oxygens (including phenoxy) is 1. The maximum absolute atomic E-state index is 11.6. The van der Waals surface area contributed by atoms with Crippen LogP contribution in [0.1, 0.15) is 37.7 Å². The number of carbonyl (C=O) groups is 1. The van der Waals surface area contributed by atoms with E-state index in [9.17, 15) is 4.79 Å². The van der Waals surface area contributed by atoms with E-state index in [0.717, 1.165) is 13.0 Å². The fourth-order valence-corrected chi connectivity index (χ4v) is 3.56. The van der Waals surface area contributed by atoms with Gasteiger partial charge in [-0.05, 0) is 43.7 Å². The van der Waals surface area contributed by atoms with Crippen molar-refractivity contribution in [1.29, 1.82) is 0 Å². The first kappa shape index (κ1) is 13.4. The Balaban J connectivity index is 1.85. The number of fused-ring (bicyclic) bond motifs is 3. The third-order valence-electron chi connectivity index (χ3n) is 4.47. The van der Waals surface area contributed by atoms with Crippen LogP contribution in [0.5, 0.6) is 5.75 Å². The maximum Gasteiger partial charge on any atom is 0.311 e. The van der Waals surface area contributed by atoms with E-state index in [2.05, 4.69) is 36.0 Å². The van der Waals surface area contributed by atoms with E-state index in [1.165, 1.54) is 17.7 Å². The molecule has 4 nitrogen and oxygen atoms in total. The normalized spacial score (nSPS) is 24.6. The van der Waals surface area contributed by atoms with Gasteiger partial charge in [0, 0.05) is 31.6 Å². The zero-order valence-corrected chi connectivity index (χ0v) is 12.4. The smallest absolute Gasteiger partial charge is 0.311 e. The summed E-state index contributed by atoms with van der Waals surface area (Å²) in [5.74, 6) is 1.08. The lowest BCUT2D eigenvalue weighted by molar-refractivity contribution is -0.134. The van der Waals surface area contributed by atoms with Gasteiger partial charge in [-0.25, -0.2) is 0 Å². The minimum Gasteiger partial charge on any atom is -0.427 e. The molecule has 1 fully saturated rings. The number of likely N-dealkylation sites (N-methyl/N-ethyl adjacent to an activating group) is 2. The summed E-state index contributed by atoms with van der Waals surface area (Å²) in [6.45, 7) is 3.11. The topological polar surface area (TPSA) is 32.8 Å². The SMILES string of the molecule is CCCC(=O)Oc1ccc2c(c1)C1CCN(C)C1N2C. The lowest BCUT2D eigenvalue weighted by atomic mass is 9.98. The second-order valence-electron chi connectivity index (χ2n) is 5.84. The van der Waals surface area contributed by atoms with E-state index in [1.807, 2.05) is 13.0 Å². The Morgan fingerprint density at radius 1 is 1.40 bits per heavy atom. The van der Waals surface area contributed by atoms with E-state index in [4.69, 9.17) is 4.74 Å². The minimum atomic E-state index is -0.140. The fraction of sp³-hybridized carbons (Fsp3) is 0.562. The van der Waals surface area contributed by atoms with Gasteiger partial charge >= 0.3 is 5.97 Å². The maximum atomic E-state index is 11.6. The predicted octanol–water partition coefficient (Wildman–Crippen LogP) is 2.59. The highest BCUT2D eigenvalue weighted by Crippen LogP contribution is 2.47. The Kier molecular flexibility index (Phi) is 3.42. The zero-order chi connectivity index (χ0) is 14.3. The molecular weight excluding hydrogens is 252 g/mol. The molecule has 0 aliphatic carbocycles. The molecule has 2 aliphatic heterocycles. The predicted molar refractivity (Wildman–Crippen MR) is 79.2 cm³/mol. The van der Waals surface area contributed by atoms with Crippen molar-refractivity contribution in [3.63, 3.8) is 0 Å². The number of esters is 1. The average molecular weight is 274 g/mol. The van der Waals surface area contributed by atoms with Gasteiger partial charge < -0.3 is 9.64 Å². The molecule has 1 saturated heterocycles. The van der Waals surface area contributed by atoms with Gasteiger partial charge in [0.1, 0.15) is 5.75 Å². The highest BCUT2D eigenvalue weighted by atomic mass is 16.5. The molecule has 1 aromatic rings. The van der Waals surface area contributed by atoms with Crippen LogP contribution in [0.2, 0.25) is 0 Å². The quantitative estimate of drug-likeness (QED) is 0.626. The molecule has 108 valence electrons. The van der Waals surface area contributed by atoms with Crippen molar-refractivity contribution in [3.8, 4) is 5.75 Å². The fourth-order valence-electron chi connectivity index (χ4n) is 3.56. The molecular formula is C16H22N2O2. The van der Waals surface area contributed by atoms with Gasteiger partial charge in [-0.3, -0.25) is 9.69 Å². The molecule has 2 heterocycles. The van der Waals surface area contributed by atoms with Crippen molar-refractivity contribution >= 4 is 11.7 Å². The van der Waals surface area contributed by atoms with Crippen molar-refractivity contribution in [2.24, 2.45) is 0 Å². The summed E-state index contributed by atoms with van der Waals surface area (Å²) < 4.78 is 5.42. The first-order valence-electron chi connectivity index (χ1n) is 7.39. The van der Waals surface area contributed by atoms with E-state index in [0.29, 0.717) is 24.3 Å². The Labute approximate surface area is 120 Å². The molecule has 0 saturated carbocycles. The van der Waals surface area contributed by atoms with Crippen molar-refractivity contribution in [3.05, 3.63) is 23.8 Å². The third kappa shape index (κ3) is 2.08. The van der Waals surface area contributed by atoms with Crippen molar-refractivity contribution in [2.75, 3.05) is 25.5 Å². The van der Waals surface area contributed by atoms with Crippen LogP contribution in [0.25, 0.3) is 0 Å². The van der Waals surface area contributed by atoms with Crippen LogP contribution < -0.4 is 9.64 Å². The van der Waals surface area contributed by atoms with Gasteiger partial charge in [-0.1, -0.05) is 6.92 Å². The molecule has 2 atom stereocenters. The third-order valence-corrected chi connectivity index (χ3v) is 4.47. The second kappa shape index (κ2) is 5.09. The van der Waals surface area contributed by atoms with Crippen molar-refractivity contribution in [2.45, 2.75) is 38.3 Å². The van der Waals surface area contributed by atoms with Gasteiger partial charge in [-0.2, -0.15) is 0 Å². The molecule has 3 rings (SSSR count). The van der Waals surface area contributed by atoms with E-state index < -0.39 is 0 Å². The van der Waals surface area contributed by atoms with Crippen molar-refractivity contribution < 1.29 is 9.53 Å². The minimum absolute atomic E-state index is 0.140. The summed E-state index contributed by atoms with van der Waals surface area (Å²) in [5, 5.41) is 0. The number of benzene rings is 1. The molecule has 0 aromatic heterocycles. The van der Waals surface area contributed by atoms with Crippen LogP contribution in [0.3, 0.4) is 0 Å². The number of hydrogen-bond acceptors (Lipinski definition) is 4. The van der Waals surface area contributed by atoms with Gasteiger partial charge in [0.15, 0.2) is 0 Å². The Bertz CT molecular complexity index is 529. The highest BCUT2D eigenvalue weighted by Gasteiger charge is 2.43. The van der Waals surface area contributed by atoms with E-state index >= 15 is 0 Å². The van der Waals surface area contributed by atoms with Crippen LogP contribution in [0.4, 0.5) is 5.69 Å². The van der Waals surface area contributed by atoms with Crippen LogP contribution in [0, 0.1) is 0 Å². The number of nitrogens with zero attached hydrogens (tertiary/aromatic N) is 2. The number of rotatable bonds is 3. The molecule has 20 heavy (non-hydrogen) atoms. The molecule has 0 bridgehead atoms. The molecule has 0 spiro atoms. The summed E-state index contributed by atoms with van der Waals surface area (Å²) >= 11 is 0. The molecule has 2 unspecified atom stereocenters. The summed E-state index contributed by atoms with van der Waals surface area (Å²) in [7, 11) is 4.32. The summed E-state index contributed by atoms with van der Waals surface area (Å²) in [6, 6.07) is 6.04.